The number of alkyl halides is 3. The van der Waals surface area contributed by atoms with Crippen molar-refractivity contribution in [3.63, 3.8) is 0 Å². The van der Waals surface area contributed by atoms with Crippen LogP contribution in [0.4, 0.5) is 19.1 Å². The molecule has 0 radical (unpaired) electrons. The Morgan fingerprint density at radius 3 is 2.28 bits per heavy atom. The number of fused-ring (bicyclic) bond motifs is 1. The van der Waals surface area contributed by atoms with Gasteiger partial charge >= 0.3 is 12.1 Å². The van der Waals surface area contributed by atoms with E-state index in [4.69, 9.17) is 9.90 Å². The van der Waals surface area contributed by atoms with E-state index in [1.807, 2.05) is 11.0 Å². The molecule has 2 aliphatic rings. The SMILES string of the molecule is O=C(O)C(F)(F)F.O=C(c1ccnnc1)N1CC[C@H]2[C@H]1CCN2c1ncccn1. The molecule has 2 aromatic rings. The number of amides is 1. The minimum atomic E-state index is -5.08. The second-order valence-corrected chi connectivity index (χ2v) is 6.39. The van der Waals surface area contributed by atoms with Crippen molar-refractivity contribution < 1.29 is 27.9 Å². The van der Waals surface area contributed by atoms with Gasteiger partial charge in [0.1, 0.15) is 0 Å². The highest BCUT2D eigenvalue weighted by molar-refractivity contribution is 5.94. The van der Waals surface area contributed by atoms with E-state index < -0.39 is 12.1 Å². The molecule has 12 heteroatoms. The van der Waals surface area contributed by atoms with E-state index >= 15 is 0 Å². The van der Waals surface area contributed by atoms with Gasteiger partial charge in [-0.3, -0.25) is 4.79 Å². The number of hydrogen-bond donors (Lipinski definition) is 1. The van der Waals surface area contributed by atoms with Crippen LogP contribution in [0, 0.1) is 0 Å². The zero-order valence-corrected chi connectivity index (χ0v) is 15.0. The Bertz CT molecular complexity index is 852. The number of carbonyl (C=O) groups is 2. The molecule has 29 heavy (non-hydrogen) atoms. The molecule has 9 nitrogen and oxygen atoms in total. The number of aromatic nitrogens is 4. The van der Waals surface area contributed by atoms with Gasteiger partial charge < -0.3 is 14.9 Å². The van der Waals surface area contributed by atoms with Crippen molar-refractivity contribution in [2.45, 2.75) is 31.1 Å². The first-order chi connectivity index (χ1) is 13.8. The number of carboxylic acid groups (broad SMARTS) is 1. The Morgan fingerprint density at radius 1 is 1.03 bits per heavy atom. The first-order valence-electron chi connectivity index (χ1n) is 8.70. The summed E-state index contributed by atoms with van der Waals surface area (Å²) in [6.45, 7) is 1.65. The summed E-state index contributed by atoms with van der Waals surface area (Å²) in [5.74, 6) is -1.96. The summed E-state index contributed by atoms with van der Waals surface area (Å²) in [6.07, 6.45) is 3.43. The summed E-state index contributed by atoms with van der Waals surface area (Å²) >= 11 is 0. The van der Waals surface area contributed by atoms with Crippen molar-refractivity contribution in [2.75, 3.05) is 18.0 Å². The maximum atomic E-state index is 12.6. The standard InChI is InChI=1S/C15H16N6O.C2HF3O2/c22-14(11-2-7-18-19-10-11)20-8-3-13-12(20)4-9-21(13)15-16-5-1-6-17-15;3-2(4,5)1(6)7/h1-2,5-7,10,12-13H,3-4,8-9H2;(H,6,7)/t12-,13+;/m1./s1. The van der Waals surface area contributed by atoms with E-state index in [-0.39, 0.29) is 11.9 Å². The average molecular weight is 410 g/mol. The fourth-order valence-corrected chi connectivity index (χ4v) is 3.51. The van der Waals surface area contributed by atoms with Gasteiger partial charge in [-0.1, -0.05) is 0 Å². The highest BCUT2D eigenvalue weighted by atomic mass is 19.4. The molecule has 1 amide bonds. The second kappa shape index (κ2) is 8.37. The molecule has 0 aromatic carbocycles. The van der Waals surface area contributed by atoms with Crippen LogP contribution in [0.5, 0.6) is 0 Å². The third-order valence-corrected chi connectivity index (χ3v) is 4.72. The van der Waals surface area contributed by atoms with Crippen LogP contribution in [0.2, 0.25) is 0 Å². The Morgan fingerprint density at radius 2 is 1.69 bits per heavy atom. The van der Waals surface area contributed by atoms with E-state index in [1.54, 1.807) is 24.7 Å². The van der Waals surface area contributed by atoms with Gasteiger partial charge in [-0.15, -0.1) is 0 Å². The lowest BCUT2D eigenvalue weighted by Gasteiger charge is -2.25. The fraction of sp³-hybridized carbons (Fsp3) is 0.412. The summed E-state index contributed by atoms with van der Waals surface area (Å²) in [6, 6.07) is 4.07. The molecule has 4 heterocycles. The zero-order valence-electron chi connectivity index (χ0n) is 15.0. The van der Waals surface area contributed by atoms with Gasteiger partial charge in [0.05, 0.1) is 30.0 Å². The predicted molar refractivity (Wildman–Crippen MR) is 92.9 cm³/mol. The molecule has 0 bridgehead atoms. The van der Waals surface area contributed by atoms with Gasteiger partial charge in [0.2, 0.25) is 5.95 Å². The highest BCUT2D eigenvalue weighted by Gasteiger charge is 2.45. The van der Waals surface area contributed by atoms with Crippen LogP contribution in [0.25, 0.3) is 0 Å². The van der Waals surface area contributed by atoms with E-state index in [0.717, 1.165) is 31.9 Å². The third-order valence-electron chi connectivity index (χ3n) is 4.72. The lowest BCUT2D eigenvalue weighted by Crippen LogP contribution is -2.40. The number of carbonyl (C=O) groups excluding carboxylic acids is 1. The molecular weight excluding hydrogens is 393 g/mol. The van der Waals surface area contributed by atoms with Crippen molar-refractivity contribution in [1.29, 1.82) is 0 Å². The molecule has 2 atom stereocenters. The van der Waals surface area contributed by atoms with Crippen molar-refractivity contribution in [3.8, 4) is 0 Å². The first-order valence-corrected chi connectivity index (χ1v) is 8.70. The summed E-state index contributed by atoms with van der Waals surface area (Å²) in [5, 5.41) is 14.6. The van der Waals surface area contributed by atoms with Crippen LogP contribution in [-0.2, 0) is 4.79 Å². The molecule has 1 N–H and O–H groups in total. The molecule has 0 aliphatic carbocycles. The summed E-state index contributed by atoms with van der Waals surface area (Å²) < 4.78 is 31.7. The topological polar surface area (TPSA) is 112 Å². The van der Waals surface area contributed by atoms with Crippen molar-refractivity contribution in [1.82, 2.24) is 25.1 Å². The minimum Gasteiger partial charge on any atom is -0.475 e. The van der Waals surface area contributed by atoms with Crippen LogP contribution in [0.15, 0.2) is 36.9 Å². The van der Waals surface area contributed by atoms with Gasteiger partial charge in [-0.2, -0.15) is 23.4 Å². The van der Waals surface area contributed by atoms with E-state index in [9.17, 15) is 18.0 Å². The van der Waals surface area contributed by atoms with Gasteiger partial charge in [-0.25, -0.2) is 14.8 Å². The Hall–Kier alpha value is -3.31. The van der Waals surface area contributed by atoms with Crippen molar-refractivity contribution >= 4 is 17.8 Å². The zero-order chi connectivity index (χ0) is 21.0. The summed E-state index contributed by atoms with van der Waals surface area (Å²) in [5.41, 5.74) is 0.602. The minimum absolute atomic E-state index is 0.0400. The molecule has 154 valence electrons. The van der Waals surface area contributed by atoms with Gasteiger partial charge in [0.25, 0.3) is 5.91 Å². The number of nitrogens with zero attached hydrogens (tertiary/aromatic N) is 6. The quantitative estimate of drug-likeness (QED) is 0.791. The lowest BCUT2D eigenvalue weighted by molar-refractivity contribution is -0.192. The van der Waals surface area contributed by atoms with Crippen LogP contribution in [-0.4, -0.2) is 73.4 Å². The molecule has 2 saturated heterocycles. The highest BCUT2D eigenvalue weighted by Crippen LogP contribution is 2.34. The van der Waals surface area contributed by atoms with Crippen molar-refractivity contribution in [2.24, 2.45) is 0 Å². The maximum absolute atomic E-state index is 12.6. The second-order valence-electron chi connectivity index (χ2n) is 6.39. The molecule has 0 spiro atoms. The molecule has 4 rings (SSSR count). The van der Waals surface area contributed by atoms with Crippen molar-refractivity contribution in [3.05, 3.63) is 42.5 Å². The molecule has 2 aliphatic heterocycles. The average Bonchev–Trinajstić information content (AvgIpc) is 3.31. The molecule has 0 saturated carbocycles. The predicted octanol–water partition coefficient (Wildman–Crippen LogP) is 1.39. The number of rotatable bonds is 2. The number of carboxylic acids is 1. The monoisotopic (exact) mass is 410 g/mol. The normalized spacial score (nSPS) is 20.7. The number of aliphatic carboxylic acids is 1. The first kappa shape index (κ1) is 20.4. The maximum Gasteiger partial charge on any atom is 0.490 e. The van der Waals surface area contributed by atoms with E-state index in [1.165, 1.54) is 6.20 Å². The molecular formula is C17H17F3N6O3. The van der Waals surface area contributed by atoms with Gasteiger partial charge in [0.15, 0.2) is 0 Å². The molecule has 2 aromatic heterocycles. The number of hydrogen-bond acceptors (Lipinski definition) is 7. The summed E-state index contributed by atoms with van der Waals surface area (Å²) in [4.78, 5) is 34.4. The van der Waals surface area contributed by atoms with E-state index in [0.29, 0.717) is 11.6 Å². The number of likely N-dealkylation sites (tertiary alicyclic amines) is 1. The summed E-state index contributed by atoms with van der Waals surface area (Å²) in [7, 11) is 0. The third kappa shape index (κ3) is 4.58. The smallest absolute Gasteiger partial charge is 0.475 e. The number of anilines is 1. The van der Waals surface area contributed by atoms with Crippen LogP contribution in [0.1, 0.15) is 23.2 Å². The fourth-order valence-electron chi connectivity index (χ4n) is 3.51. The Labute approximate surface area is 163 Å². The largest absolute Gasteiger partial charge is 0.490 e. The Balaban J connectivity index is 0.000000298. The Kier molecular flexibility index (Phi) is 5.89. The van der Waals surface area contributed by atoms with E-state index in [2.05, 4.69) is 25.1 Å². The van der Waals surface area contributed by atoms with Gasteiger partial charge in [-0.05, 0) is 25.0 Å². The van der Waals surface area contributed by atoms with Crippen LogP contribution in [0.3, 0.4) is 0 Å². The van der Waals surface area contributed by atoms with Crippen LogP contribution >= 0.6 is 0 Å². The van der Waals surface area contributed by atoms with Gasteiger partial charge in [0, 0.05) is 25.5 Å². The lowest BCUT2D eigenvalue weighted by atomic mass is 10.1. The molecule has 2 fully saturated rings. The number of halogens is 3. The molecule has 0 unspecified atom stereocenters. The van der Waals surface area contributed by atoms with Crippen LogP contribution < -0.4 is 4.90 Å².